The number of hydrogen-bond acceptors (Lipinski definition) is 3. The maximum Gasteiger partial charge on any atom is 0.0761 e. The van der Waals surface area contributed by atoms with Crippen molar-refractivity contribution < 1.29 is 9.84 Å². The van der Waals surface area contributed by atoms with Crippen LogP contribution in [0.3, 0.4) is 0 Å². The second kappa shape index (κ2) is 7.71. The predicted octanol–water partition coefficient (Wildman–Crippen LogP) is 3.26. The van der Waals surface area contributed by atoms with Gasteiger partial charge >= 0.3 is 0 Å². The zero-order valence-electron chi connectivity index (χ0n) is 9.98. The first-order chi connectivity index (χ1) is 7.74. The highest BCUT2D eigenvalue weighted by Gasteiger charge is 2.00. The lowest BCUT2D eigenvalue weighted by molar-refractivity contribution is 0.149. The summed E-state index contributed by atoms with van der Waals surface area (Å²) in [6.07, 6.45) is 0.702. The third-order valence-corrected chi connectivity index (χ3v) is 3.37. The Hall–Kier alpha value is -0.510. The molecule has 0 heterocycles. The normalized spacial score (nSPS) is 12.7. The quantitative estimate of drug-likeness (QED) is 0.586. The summed E-state index contributed by atoms with van der Waals surface area (Å²) in [5, 5.41) is 9.36. The van der Waals surface area contributed by atoms with Gasteiger partial charge in [0.1, 0.15) is 0 Å². The van der Waals surface area contributed by atoms with Gasteiger partial charge in [0.05, 0.1) is 6.10 Å². The van der Waals surface area contributed by atoms with Gasteiger partial charge in [0.25, 0.3) is 0 Å². The van der Waals surface area contributed by atoms with E-state index in [0.717, 1.165) is 31.0 Å². The Bertz CT molecular complexity index is 282. The molecule has 1 rings (SSSR count). The molecule has 0 amide bonds. The van der Waals surface area contributed by atoms with Crippen LogP contribution >= 0.6 is 11.8 Å². The lowest BCUT2D eigenvalue weighted by Crippen LogP contribution is -1.94. The van der Waals surface area contributed by atoms with Gasteiger partial charge in [-0.2, -0.15) is 0 Å². The lowest BCUT2D eigenvalue weighted by Gasteiger charge is -2.06. The van der Waals surface area contributed by atoms with Crippen molar-refractivity contribution in [2.45, 2.75) is 31.3 Å². The summed E-state index contributed by atoms with van der Waals surface area (Å²) in [4.78, 5) is 1.25. The van der Waals surface area contributed by atoms with E-state index in [1.807, 2.05) is 30.8 Å². The van der Waals surface area contributed by atoms with Gasteiger partial charge in [-0.25, -0.2) is 0 Å². The highest BCUT2D eigenvalue weighted by atomic mass is 32.2. The molecular weight excluding hydrogens is 220 g/mol. The minimum atomic E-state index is -0.378. The Morgan fingerprint density at radius 3 is 2.56 bits per heavy atom. The smallest absolute Gasteiger partial charge is 0.0761 e. The summed E-state index contributed by atoms with van der Waals surface area (Å²) in [6, 6.07) is 8.09. The Balaban J connectivity index is 2.27. The topological polar surface area (TPSA) is 29.5 Å². The lowest BCUT2D eigenvalue weighted by atomic mass is 10.1. The second-order valence-electron chi connectivity index (χ2n) is 3.64. The first-order valence-corrected chi connectivity index (χ1v) is 6.71. The van der Waals surface area contributed by atoms with E-state index in [-0.39, 0.29) is 6.10 Å². The van der Waals surface area contributed by atoms with Crippen molar-refractivity contribution in [3.8, 4) is 0 Å². The highest BCUT2D eigenvalue weighted by Crippen LogP contribution is 2.21. The van der Waals surface area contributed by atoms with Crippen molar-refractivity contribution in [3.63, 3.8) is 0 Å². The first kappa shape index (κ1) is 13.6. The van der Waals surface area contributed by atoms with Crippen molar-refractivity contribution in [2.75, 3.05) is 19.0 Å². The van der Waals surface area contributed by atoms with Crippen LogP contribution in [0.4, 0.5) is 0 Å². The van der Waals surface area contributed by atoms with E-state index in [1.165, 1.54) is 4.90 Å². The fraction of sp³-hybridized carbons (Fsp3) is 0.538. The SMILES string of the molecule is CCOCCCSc1ccc(C(C)O)cc1. The van der Waals surface area contributed by atoms with Crippen LogP contribution in [0.5, 0.6) is 0 Å². The van der Waals surface area contributed by atoms with Crippen LogP contribution in [0.15, 0.2) is 29.2 Å². The predicted molar refractivity (Wildman–Crippen MR) is 68.9 cm³/mol. The summed E-state index contributed by atoms with van der Waals surface area (Å²) in [5.41, 5.74) is 0.971. The number of aliphatic hydroxyl groups is 1. The fourth-order valence-electron chi connectivity index (χ4n) is 1.34. The van der Waals surface area contributed by atoms with Crippen molar-refractivity contribution in [2.24, 2.45) is 0 Å². The van der Waals surface area contributed by atoms with Crippen molar-refractivity contribution >= 4 is 11.8 Å². The third-order valence-electron chi connectivity index (χ3n) is 2.27. The molecule has 1 N–H and O–H groups in total. The summed E-state index contributed by atoms with van der Waals surface area (Å²) in [6.45, 7) is 5.44. The molecule has 0 aromatic heterocycles. The highest BCUT2D eigenvalue weighted by molar-refractivity contribution is 7.99. The molecule has 2 nitrogen and oxygen atoms in total. The average Bonchev–Trinajstić information content (AvgIpc) is 2.29. The molecule has 1 aromatic rings. The largest absolute Gasteiger partial charge is 0.389 e. The van der Waals surface area contributed by atoms with Gasteiger partial charge in [-0.15, -0.1) is 11.8 Å². The van der Waals surface area contributed by atoms with Gasteiger partial charge in [0, 0.05) is 23.9 Å². The van der Waals surface area contributed by atoms with E-state index >= 15 is 0 Å². The van der Waals surface area contributed by atoms with Gasteiger partial charge in [0.2, 0.25) is 0 Å². The Kier molecular flexibility index (Phi) is 6.53. The number of aliphatic hydroxyl groups excluding tert-OH is 1. The second-order valence-corrected chi connectivity index (χ2v) is 4.81. The first-order valence-electron chi connectivity index (χ1n) is 5.72. The molecule has 16 heavy (non-hydrogen) atoms. The molecule has 0 aliphatic carbocycles. The number of hydrogen-bond donors (Lipinski definition) is 1. The minimum Gasteiger partial charge on any atom is -0.389 e. The number of thioether (sulfide) groups is 1. The van der Waals surface area contributed by atoms with Crippen LogP contribution in [0.25, 0.3) is 0 Å². The molecular formula is C13H20O2S. The molecule has 1 atom stereocenters. The van der Waals surface area contributed by atoms with Gasteiger partial charge < -0.3 is 9.84 Å². The van der Waals surface area contributed by atoms with Gasteiger partial charge in [-0.1, -0.05) is 12.1 Å². The molecule has 0 fully saturated rings. The number of benzene rings is 1. The van der Waals surface area contributed by atoms with Gasteiger partial charge in [-0.05, 0) is 38.0 Å². The maximum absolute atomic E-state index is 9.36. The summed E-state index contributed by atoms with van der Waals surface area (Å²) in [7, 11) is 0. The number of rotatable bonds is 7. The molecule has 3 heteroatoms. The number of ether oxygens (including phenoxy) is 1. The van der Waals surface area contributed by atoms with E-state index in [1.54, 1.807) is 6.92 Å². The summed E-state index contributed by atoms with van der Waals surface area (Å²) < 4.78 is 5.28. The van der Waals surface area contributed by atoms with E-state index in [4.69, 9.17) is 4.74 Å². The average molecular weight is 240 g/mol. The summed E-state index contributed by atoms with van der Waals surface area (Å²) >= 11 is 1.83. The van der Waals surface area contributed by atoms with Gasteiger partial charge in [-0.3, -0.25) is 0 Å². The fourth-order valence-corrected chi connectivity index (χ4v) is 2.16. The molecule has 1 unspecified atom stereocenters. The van der Waals surface area contributed by atoms with Crippen LogP contribution in [-0.4, -0.2) is 24.1 Å². The Morgan fingerprint density at radius 2 is 2.00 bits per heavy atom. The molecule has 0 aliphatic heterocycles. The van der Waals surface area contributed by atoms with E-state index < -0.39 is 0 Å². The van der Waals surface area contributed by atoms with Crippen LogP contribution in [0.2, 0.25) is 0 Å². The van der Waals surface area contributed by atoms with Gasteiger partial charge in [0.15, 0.2) is 0 Å². The van der Waals surface area contributed by atoms with Crippen molar-refractivity contribution in [1.82, 2.24) is 0 Å². The van der Waals surface area contributed by atoms with E-state index in [2.05, 4.69) is 12.1 Å². The Morgan fingerprint density at radius 1 is 1.31 bits per heavy atom. The van der Waals surface area contributed by atoms with E-state index in [0.29, 0.717) is 0 Å². The molecule has 0 radical (unpaired) electrons. The molecule has 90 valence electrons. The maximum atomic E-state index is 9.36. The minimum absolute atomic E-state index is 0.378. The molecule has 0 saturated heterocycles. The molecule has 1 aromatic carbocycles. The van der Waals surface area contributed by atoms with Crippen LogP contribution < -0.4 is 0 Å². The summed E-state index contributed by atoms with van der Waals surface area (Å²) in [5.74, 6) is 1.08. The molecule has 0 spiro atoms. The zero-order valence-corrected chi connectivity index (χ0v) is 10.8. The third kappa shape index (κ3) is 5.01. The monoisotopic (exact) mass is 240 g/mol. The van der Waals surface area contributed by atoms with E-state index in [9.17, 15) is 5.11 Å². The van der Waals surface area contributed by atoms with Crippen molar-refractivity contribution in [3.05, 3.63) is 29.8 Å². The Labute approximate surface area is 102 Å². The molecule has 0 bridgehead atoms. The zero-order chi connectivity index (χ0) is 11.8. The molecule has 0 saturated carbocycles. The van der Waals surface area contributed by atoms with Crippen LogP contribution in [0.1, 0.15) is 31.9 Å². The van der Waals surface area contributed by atoms with Crippen LogP contribution in [-0.2, 0) is 4.74 Å². The molecule has 0 aliphatic rings. The van der Waals surface area contributed by atoms with Crippen molar-refractivity contribution in [1.29, 1.82) is 0 Å². The van der Waals surface area contributed by atoms with Crippen LogP contribution in [0, 0.1) is 0 Å². The standard InChI is InChI=1S/C13H20O2S/c1-3-15-9-4-10-16-13-7-5-12(6-8-13)11(2)14/h5-8,11,14H,3-4,9-10H2,1-2H3.